The summed E-state index contributed by atoms with van der Waals surface area (Å²) in [6, 6.07) is 14.4. The first kappa shape index (κ1) is 17.6. The van der Waals surface area contributed by atoms with Gasteiger partial charge in [-0.15, -0.1) is 0 Å². The van der Waals surface area contributed by atoms with Gasteiger partial charge in [0, 0.05) is 25.6 Å². The average Bonchev–Trinajstić information content (AvgIpc) is 2.61. The lowest BCUT2D eigenvalue weighted by Gasteiger charge is -2.28. The van der Waals surface area contributed by atoms with E-state index < -0.39 is 0 Å². The van der Waals surface area contributed by atoms with Gasteiger partial charge in [-0.1, -0.05) is 30.3 Å². The van der Waals surface area contributed by atoms with E-state index in [-0.39, 0.29) is 5.78 Å². The van der Waals surface area contributed by atoms with Gasteiger partial charge in [-0.05, 0) is 49.9 Å². The predicted molar refractivity (Wildman–Crippen MR) is 98.8 cm³/mol. The molecule has 3 rings (SSSR count). The number of ketones is 1. The Labute approximate surface area is 149 Å². The van der Waals surface area contributed by atoms with Crippen molar-refractivity contribution in [3.63, 3.8) is 0 Å². The lowest BCUT2D eigenvalue weighted by molar-refractivity contribution is -0.116. The highest BCUT2D eigenvalue weighted by Crippen LogP contribution is 2.18. The number of hydrogen-bond acceptors (Lipinski definition) is 4. The Bertz CT molecular complexity index is 715. The quantitative estimate of drug-likeness (QED) is 0.692. The molecule has 2 heterocycles. The molecule has 25 heavy (non-hydrogen) atoms. The second-order valence-corrected chi connectivity index (χ2v) is 6.70. The van der Waals surface area contributed by atoms with Crippen LogP contribution in [0.4, 0.5) is 0 Å². The zero-order valence-electron chi connectivity index (χ0n) is 14.9. The zero-order chi connectivity index (χ0) is 17.5. The number of unbranched alkanes of at least 4 members (excludes halogenated alkanes) is 1. The summed E-state index contributed by atoms with van der Waals surface area (Å²) in [4.78, 5) is 18.1. The molecule has 0 amide bonds. The van der Waals surface area contributed by atoms with Gasteiger partial charge in [0.25, 0.3) is 0 Å². The van der Waals surface area contributed by atoms with Crippen LogP contribution in [0.25, 0.3) is 0 Å². The molecular formula is C21H26N2O2. The average molecular weight is 338 g/mol. The van der Waals surface area contributed by atoms with Crippen LogP contribution in [-0.2, 0) is 24.2 Å². The fourth-order valence-electron chi connectivity index (χ4n) is 3.25. The van der Waals surface area contributed by atoms with Crippen molar-refractivity contribution in [3.8, 4) is 5.88 Å². The van der Waals surface area contributed by atoms with E-state index in [0.29, 0.717) is 18.9 Å². The van der Waals surface area contributed by atoms with Crippen LogP contribution in [0.15, 0.2) is 42.5 Å². The Morgan fingerprint density at radius 1 is 1.12 bits per heavy atom. The molecule has 0 spiro atoms. The predicted octanol–water partition coefficient (Wildman–Crippen LogP) is 3.43. The monoisotopic (exact) mass is 338 g/mol. The SMILES string of the molecule is CC(=O)Cc1cccc(OCCCCN2CCc3ccccc3C2)n1. The van der Waals surface area contributed by atoms with Crippen LogP contribution in [0.2, 0.25) is 0 Å². The third-order valence-corrected chi connectivity index (χ3v) is 4.54. The van der Waals surface area contributed by atoms with Crippen molar-refractivity contribution < 1.29 is 9.53 Å². The second-order valence-electron chi connectivity index (χ2n) is 6.70. The summed E-state index contributed by atoms with van der Waals surface area (Å²) in [5, 5.41) is 0. The van der Waals surface area contributed by atoms with Crippen LogP contribution >= 0.6 is 0 Å². The van der Waals surface area contributed by atoms with Gasteiger partial charge in [0.2, 0.25) is 5.88 Å². The molecule has 4 nitrogen and oxygen atoms in total. The normalized spacial score (nSPS) is 14.1. The van der Waals surface area contributed by atoms with E-state index in [1.807, 2.05) is 18.2 Å². The van der Waals surface area contributed by atoms with E-state index in [9.17, 15) is 4.79 Å². The van der Waals surface area contributed by atoms with E-state index in [0.717, 1.165) is 44.6 Å². The van der Waals surface area contributed by atoms with Crippen molar-refractivity contribution in [2.45, 2.75) is 39.2 Å². The molecule has 0 atom stereocenters. The summed E-state index contributed by atoms with van der Waals surface area (Å²) < 4.78 is 5.73. The number of aromatic nitrogens is 1. The highest BCUT2D eigenvalue weighted by Gasteiger charge is 2.14. The molecule has 0 aliphatic carbocycles. The van der Waals surface area contributed by atoms with Crippen molar-refractivity contribution in [1.29, 1.82) is 0 Å². The van der Waals surface area contributed by atoms with Gasteiger partial charge in [0.1, 0.15) is 5.78 Å². The Morgan fingerprint density at radius 3 is 2.80 bits per heavy atom. The molecule has 1 aromatic carbocycles. The number of carbonyl (C=O) groups is 1. The maximum Gasteiger partial charge on any atom is 0.213 e. The molecule has 0 radical (unpaired) electrons. The molecule has 0 fully saturated rings. The van der Waals surface area contributed by atoms with E-state index in [4.69, 9.17) is 4.74 Å². The molecular weight excluding hydrogens is 312 g/mol. The van der Waals surface area contributed by atoms with Crippen molar-refractivity contribution in [2.75, 3.05) is 19.7 Å². The van der Waals surface area contributed by atoms with Crippen LogP contribution < -0.4 is 4.74 Å². The van der Waals surface area contributed by atoms with E-state index in [1.54, 1.807) is 6.92 Å². The highest BCUT2D eigenvalue weighted by atomic mass is 16.5. The van der Waals surface area contributed by atoms with Crippen LogP contribution in [0, 0.1) is 0 Å². The topological polar surface area (TPSA) is 42.4 Å². The van der Waals surface area contributed by atoms with E-state index in [2.05, 4.69) is 34.1 Å². The van der Waals surface area contributed by atoms with Gasteiger partial charge >= 0.3 is 0 Å². The molecule has 132 valence electrons. The number of hydrogen-bond donors (Lipinski definition) is 0. The number of carbonyl (C=O) groups excluding carboxylic acids is 1. The number of nitrogens with zero attached hydrogens (tertiary/aromatic N) is 2. The van der Waals surface area contributed by atoms with Gasteiger partial charge in [-0.2, -0.15) is 0 Å². The van der Waals surface area contributed by atoms with Gasteiger partial charge in [0.05, 0.1) is 12.3 Å². The zero-order valence-corrected chi connectivity index (χ0v) is 14.9. The summed E-state index contributed by atoms with van der Waals surface area (Å²) in [6.45, 7) is 5.56. The number of Topliss-reactive ketones (excluding diaryl/α,β-unsaturated/α-hetero) is 1. The minimum absolute atomic E-state index is 0.118. The number of ether oxygens (including phenoxy) is 1. The minimum Gasteiger partial charge on any atom is -0.478 e. The fraction of sp³-hybridized carbons (Fsp3) is 0.429. The van der Waals surface area contributed by atoms with Gasteiger partial charge < -0.3 is 4.74 Å². The van der Waals surface area contributed by atoms with Crippen molar-refractivity contribution >= 4 is 5.78 Å². The first-order chi connectivity index (χ1) is 12.2. The molecule has 4 heteroatoms. The lowest BCUT2D eigenvalue weighted by atomic mass is 10.00. The molecule has 1 aliphatic rings. The summed E-state index contributed by atoms with van der Waals surface area (Å²) in [5.74, 6) is 0.735. The van der Waals surface area contributed by atoms with Crippen LogP contribution in [0.1, 0.15) is 36.6 Å². The minimum atomic E-state index is 0.118. The summed E-state index contributed by atoms with van der Waals surface area (Å²) in [5.41, 5.74) is 3.74. The van der Waals surface area contributed by atoms with Crippen LogP contribution in [0.5, 0.6) is 5.88 Å². The first-order valence-corrected chi connectivity index (χ1v) is 9.08. The molecule has 0 unspecified atom stereocenters. The Kier molecular flexibility index (Phi) is 6.18. The third kappa shape index (κ3) is 5.40. The number of rotatable bonds is 8. The van der Waals surface area contributed by atoms with Crippen molar-refractivity contribution in [1.82, 2.24) is 9.88 Å². The van der Waals surface area contributed by atoms with Gasteiger partial charge in [0.15, 0.2) is 0 Å². The van der Waals surface area contributed by atoms with Crippen molar-refractivity contribution in [3.05, 3.63) is 59.3 Å². The Morgan fingerprint density at radius 2 is 1.96 bits per heavy atom. The smallest absolute Gasteiger partial charge is 0.213 e. The number of benzene rings is 1. The lowest BCUT2D eigenvalue weighted by Crippen LogP contribution is -2.31. The molecule has 0 saturated carbocycles. The maximum absolute atomic E-state index is 11.2. The molecule has 1 aromatic heterocycles. The summed E-state index contributed by atoms with van der Waals surface area (Å²) >= 11 is 0. The summed E-state index contributed by atoms with van der Waals surface area (Å²) in [7, 11) is 0. The maximum atomic E-state index is 11.2. The summed E-state index contributed by atoms with van der Waals surface area (Å²) in [6.07, 6.45) is 3.65. The Balaban J connectivity index is 1.36. The largest absolute Gasteiger partial charge is 0.478 e. The molecule has 0 N–H and O–H groups in total. The third-order valence-electron chi connectivity index (χ3n) is 4.54. The van der Waals surface area contributed by atoms with Crippen LogP contribution in [-0.4, -0.2) is 35.4 Å². The van der Waals surface area contributed by atoms with Gasteiger partial charge in [-0.3, -0.25) is 9.69 Å². The Hall–Kier alpha value is -2.20. The van der Waals surface area contributed by atoms with E-state index >= 15 is 0 Å². The molecule has 2 aromatic rings. The highest BCUT2D eigenvalue weighted by molar-refractivity contribution is 5.77. The van der Waals surface area contributed by atoms with E-state index in [1.165, 1.54) is 11.1 Å². The molecule has 1 aliphatic heterocycles. The van der Waals surface area contributed by atoms with Gasteiger partial charge in [-0.25, -0.2) is 4.98 Å². The van der Waals surface area contributed by atoms with Crippen LogP contribution in [0.3, 0.4) is 0 Å². The molecule has 0 bridgehead atoms. The number of fused-ring (bicyclic) bond motifs is 1. The van der Waals surface area contributed by atoms with Crippen molar-refractivity contribution in [2.24, 2.45) is 0 Å². The fourth-order valence-corrected chi connectivity index (χ4v) is 3.25. The second kappa shape index (κ2) is 8.77. The first-order valence-electron chi connectivity index (χ1n) is 9.08. The number of pyridine rings is 1. The standard InChI is InChI=1S/C21H26N2O2/c1-17(24)15-20-9-6-10-21(22-20)25-14-5-4-12-23-13-11-18-7-2-3-8-19(18)16-23/h2-3,6-10H,4-5,11-16H2,1H3. The molecule has 0 saturated heterocycles.